The molecule has 0 aliphatic heterocycles. The molecule has 1 atom stereocenters. The van der Waals surface area contributed by atoms with Crippen LogP contribution in [0.4, 0.5) is 8.78 Å². The Kier molecular flexibility index (Phi) is 4.04. The van der Waals surface area contributed by atoms with Gasteiger partial charge in [0.1, 0.15) is 17.7 Å². The second kappa shape index (κ2) is 5.41. The van der Waals surface area contributed by atoms with Gasteiger partial charge in [-0.1, -0.05) is 29.3 Å². The van der Waals surface area contributed by atoms with E-state index >= 15 is 0 Å². The Morgan fingerprint density at radius 3 is 2.58 bits per heavy atom. The van der Waals surface area contributed by atoms with Gasteiger partial charge in [0.05, 0.1) is 21.3 Å². The minimum absolute atomic E-state index is 0.0420. The van der Waals surface area contributed by atoms with E-state index in [1.165, 1.54) is 25.3 Å². The van der Waals surface area contributed by atoms with E-state index in [4.69, 9.17) is 23.2 Å². The van der Waals surface area contributed by atoms with Crippen LogP contribution in [0.1, 0.15) is 22.9 Å². The van der Waals surface area contributed by atoms with Crippen LogP contribution in [0.15, 0.2) is 24.4 Å². The fraction of sp³-hybridized carbons (Fsp3) is 0.154. The maximum atomic E-state index is 13.9. The fourth-order valence-corrected chi connectivity index (χ4v) is 2.18. The van der Waals surface area contributed by atoms with Gasteiger partial charge < -0.3 is 5.11 Å². The average Bonchev–Trinajstić information content (AvgIpc) is 2.34. The third kappa shape index (κ3) is 2.71. The first-order chi connectivity index (χ1) is 8.91. The van der Waals surface area contributed by atoms with Gasteiger partial charge in [-0.25, -0.2) is 8.78 Å². The summed E-state index contributed by atoms with van der Waals surface area (Å²) in [6.45, 7) is 1.47. The fourth-order valence-electron chi connectivity index (χ4n) is 1.69. The van der Waals surface area contributed by atoms with E-state index in [1.807, 2.05) is 0 Å². The summed E-state index contributed by atoms with van der Waals surface area (Å²) < 4.78 is 27.6. The van der Waals surface area contributed by atoms with Crippen molar-refractivity contribution in [3.63, 3.8) is 0 Å². The summed E-state index contributed by atoms with van der Waals surface area (Å²) in [6.07, 6.45) is -0.345. The van der Waals surface area contributed by atoms with Gasteiger partial charge in [-0.05, 0) is 24.6 Å². The number of pyridine rings is 1. The summed E-state index contributed by atoms with van der Waals surface area (Å²) in [4.78, 5) is 3.82. The largest absolute Gasteiger partial charge is 0.382 e. The van der Waals surface area contributed by atoms with Crippen molar-refractivity contribution in [2.24, 2.45) is 0 Å². The average molecular weight is 304 g/mol. The van der Waals surface area contributed by atoms with Crippen molar-refractivity contribution in [2.45, 2.75) is 13.0 Å². The molecule has 0 bridgehead atoms. The summed E-state index contributed by atoms with van der Waals surface area (Å²) in [7, 11) is 0. The monoisotopic (exact) mass is 303 g/mol. The first-order valence-electron chi connectivity index (χ1n) is 5.35. The quantitative estimate of drug-likeness (QED) is 0.907. The lowest BCUT2D eigenvalue weighted by atomic mass is 10.0. The van der Waals surface area contributed by atoms with Crippen molar-refractivity contribution in [2.75, 3.05) is 0 Å². The summed E-state index contributed by atoms with van der Waals surface area (Å²) in [6, 6.07) is 3.72. The summed E-state index contributed by atoms with van der Waals surface area (Å²) in [5.41, 5.74) is -0.299. The van der Waals surface area contributed by atoms with Crippen molar-refractivity contribution in [3.8, 4) is 0 Å². The molecule has 1 heterocycles. The maximum absolute atomic E-state index is 13.9. The predicted molar refractivity (Wildman–Crippen MR) is 69.4 cm³/mol. The summed E-state index contributed by atoms with van der Waals surface area (Å²) in [5, 5.41) is 10.4. The zero-order valence-electron chi connectivity index (χ0n) is 9.79. The number of hydrogen-bond donors (Lipinski definition) is 1. The number of nitrogens with zero attached hydrogens (tertiary/aromatic N) is 1. The number of benzene rings is 1. The lowest BCUT2D eigenvalue weighted by Gasteiger charge is -2.15. The Labute approximate surface area is 118 Å². The molecule has 0 amide bonds. The molecule has 19 heavy (non-hydrogen) atoms. The van der Waals surface area contributed by atoms with Crippen LogP contribution in [0.3, 0.4) is 0 Å². The molecule has 1 aromatic heterocycles. The van der Waals surface area contributed by atoms with Gasteiger partial charge >= 0.3 is 0 Å². The van der Waals surface area contributed by atoms with Crippen molar-refractivity contribution >= 4 is 23.2 Å². The SMILES string of the molecule is Cc1ccc(F)c(C(O)c2ncc(Cl)cc2Cl)c1F. The summed E-state index contributed by atoms with van der Waals surface area (Å²) >= 11 is 11.5. The number of aliphatic hydroxyl groups is 1. The van der Waals surface area contributed by atoms with Crippen LogP contribution < -0.4 is 0 Å². The molecule has 6 heteroatoms. The predicted octanol–water partition coefficient (Wildman–Crippen LogP) is 4.06. The second-order valence-electron chi connectivity index (χ2n) is 4.02. The topological polar surface area (TPSA) is 33.1 Å². The summed E-state index contributed by atoms with van der Waals surface area (Å²) in [5.74, 6) is -1.68. The lowest BCUT2D eigenvalue weighted by molar-refractivity contribution is 0.204. The highest BCUT2D eigenvalue weighted by atomic mass is 35.5. The molecule has 0 saturated carbocycles. The molecule has 100 valence electrons. The third-order valence-corrected chi connectivity index (χ3v) is 3.20. The van der Waals surface area contributed by atoms with Crippen molar-refractivity contribution in [1.82, 2.24) is 4.98 Å². The van der Waals surface area contributed by atoms with Crippen molar-refractivity contribution in [3.05, 3.63) is 62.9 Å². The number of aryl methyl sites for hydroxylation is 1. The number of aromatic nitrogens is 1. The minimum Gasteiger partial charge on any atom is -0.382 e. The maximum Gasteiger partial charge on any atom is 0.135 e. The van der Waals surface area contributed by atoms with Gasteiger partial charge in [-0.3, -0.25) is 4.98 Å². The van der Waals surface area contributed by atoms with Gasteiger partial charge in [0.25, 0.3) is 0 Å². The van der Waals surface area contributed by atoms with Crippen LogP contribution >= 0.6 is 23.2 Å². The highest BCUT2D eigenvalue weighted by Crippen LogP contribution is 2.32. The molecule has 0 spiro atoms. The number of aliphatic hydroxyl groups excluding tert-OH is 1. The molecule has 2 aromatic rings. The van der Waals surface area contributed by atoms with E-state index < -0.39 is 23.3 Å². The highest BCUT2D eigenvalue weighted by molar-refractivity contribution is 6.34. The molecule has 2 nitrogen and oxygen atoms in total. The standard InChI is InChI=1S/C13H9Cl2F2NO/c1-6-2-3-9(16)10(11(6)17)13(19)12-8(15)4-7(14)5-18-12/h2-5,13,19H,1H3. The Morgan fingerprint density at radius 2 is 1.95 bits per heavy atom. The molecule has 0 aliphatic rings. The first kappa shape index (κ1) is 14.2. The van der Waals surface area contributed by atoms with Gasteiger partial charge in [0.15, 0.2) is 0 Å². The third-order valence-electron chi connectivity index (χ3n) is 2.69. The van der Waals surface area contributed by atoms with Crippen LogP contribution in [0, 0.1) is 18.6 Å². The zero-order chi connectivity index (χ0) is 14.2. The van der Waals surface area contributed by atoms with Crippen LogP contribution in [-0.2, 0) is 0 Å². The van der Waals surface area contributed by atoms with Crippen LogP contribution in [0.25, 0.3) is 0 Å². The van der Waals surface area contributed by atoms with Crippen molar-refractivity contribution in [1.29, 1.82) is 0 Å². The molecule has 1 N–H and O–H groups in total. The van der Waals surface area contributed by atoms with E-state index in [0.717, 1.165) is 6.07 Å². The van der Waals surface area contributed by atoms with E-state index in [-0.39, 0.29) is 21.3 Å². The second-order valence-corrected chi connectivity index (χ2v) is 4.86. The molecule has 2 rings (SSSR count). The van der Waals surface area contributed by atoms with Gasteiger partial charge in [0, 0.05) is 6.20 Å². The Balaban J connectivity index is 2.56. The molecule has 0 radical (unpaired) electrons. The highest BCUT2D eigenvalue weighted by Gasteiger charge is 2.24. The van der Waals surface area contributed by atoms with Crippen LogP contribution in [-0.4, -0.2) is 10.1 Å². The van der Waals surface area contributed by atoms with Crippen LogP contribution in [0.2, 0.25) is 10.0 Å². The lowest BCUT2D eigenvalue weighted by Crippen LogP contribution is -2.09. The van der Waals surface area contributed by atoms with E-state index in [2.05, 4.69) is 4.98 Å². The van der Waals surface area contributed by atoms with Crippen molar-refractivity contribution < 1.29 is 13.9 Å². The molecular weight excluding hydrogens is 295 g/mol. The smallest absolute Gasteiger partial charge is 0.135 e. The Bertz CT molecular complexity index is 634. The van der Waals surface area contributed by atoms with Crippen LogP contribution in [0.5, 0.6) is 0 Å². The normalized spacial score (nSPS) is 12.5. The first-order valence-corrected chi connectivity index (χ1v) is 6.11. The van der Waals surface area contributed by atoms with Gasteiger partial charge in [-0.2, -0.15) is 0 Å². The Hall–Kier alpha value is -1.23. The molecule has 0 aliphatic carbocycles. The zero-order valence-corrected chi connectivity index (χ0v) is 11.3. The van der Waals surface area contributed by atoms with E-state index in [1.54, 1.807) is 0 Å². The van der Waals surface area contributed by atoms with Gasteiger partial charge in [-0.15, -0.1) is 0 Å². The number of halogens is 4. The molecular formula is C13H9Cl2F2NO. The molecule has 0 saturated heterocycles. The number of rotatable bonds is 2. The minimum atomic E-state index is -1.59. The molecule has 0 fully saturated rings. The number of hydrogen-bond acceptors (Lipinski definition) is 2. The Morgan fingerprint density at radius 1 is 1.26 bits per heavy atom. The van der Waals surface area contributed by atoms with E-state index in [9.17, 15) is 13.9 Å². The molecule has 1 unspecified atom stereocenters. The van der Waals surface area contributed by atoms with Gasteiger partial charge in [0.2, 0.25) is 0 Å². The molecule has 1 aromatic carbocycles. The van der Waals surface area contributed by atoms with E-state index in [0.29, 0.717) is 0 Å².